The summed E-state index contributed by atoms with van der Waals surface area (Å²) in [4.78, 5) is 12.3. The fraction of sp³-hybridized carbons (Fsp3) is 0.375. The average molecular weight is 306 g/mol. The number of carbonyl (C=O) groups is 1. The molecule has 1 aromatic heterocycles. The van der Waals surface area contributed by atoms with E-state index >= 15 is 0 Å². The van der Waals surface area contributed by atoms with Crippen molar-refractivity contribution in [2.24, 2.45) is 0 Å². The van der Waals surface area contributed by atoms with E-state index in [0.29, 0.717) is 10.9 Å². The van der Waals surface area contributed by atoms with Crippen LogP contribution in [0.2, 0.25) is 5.02 Å². The van der Waals surface area contributed by atoms with Gasteiger partial charge in [-0.3, -0.25) is 4.79 Å². The molecular weight excluding hydrogens is 286 g/mol. The summed E-state index contributed by atoms with van der Waals surface area (Å²) in [5.41, 5.74) is 3.71. The number of benzene rings is 1. The van der Waals surface area contributed by atoms with Gasteiger partial charge in [0.25, 0.3) is 5.91 Å². The summed E-state index contributed by atoms with van der Waals surface area (Å²) in [7, 11) is 0. The monoisotopic (exact) mass is 305 g/mol. The lowest BCUT2D eigenvalue weighted by Crippen LogP contribution is -2.23. The highest BCUT2D eigenvalue weighted by atomic mass is 35.5. The molecule has 0 aliphatic rings. The van der Waals surface area contributed by atoms with Gasteiger partial charge in [-0.15, -0.1) is 0 Å². The molecule has 0 bridgehead atoms. The number of hydrogen-bond donors (Lipinski definition) is 1. The van der Waals surface area contributed by atoms with Crippen LogP contribution in [-0.2, 0) is 0 Å². The molecule has 0 saturated carbocycles. The fourth-order valence-corrected chi connectivity index (χ4v) is 2.79. The first-order chi connectivity index (χ1) is 9.91. The number of aromatic nitrogens is 2. The molecule has 0 aliphatic carbocycles. The smallest absolute Gasteiger partial charge is 0.266 e. The van der Waals surface area contributed by atoms with Gasteiger partial charge in [-0.1, -0.05) is 37.6 Å². The molecule has 21 heavy (non-hydrogen) atoms. The van der Waals surface area contributed by atoms with Gasteiger partial charge < -0.3 is 5.32 Å². The maximum Gasteiger partial charge on any atom is 0.266 e. The van der Waals surface area contributed by atoms with Crippen molar-refractivity contribution in [1.82, 2.24) is 9.78 Å². The van der Waals surface area contributed by atoms with E-state index in [4.69, 9.17) is 11.6 Å². The molecule has 1 N–H and O–H groups in total. The standard InChI is InChI=1S/C16H20ClN3O/c1-10(2)16-11(3)19-20(12(16)4)15(21)9-18-14-8-6-5-7-13(14)17/h5-8,10,18H,9H2,1-4H3. The Labute approximate surface area is 130 Å². The predicted octanol–water partition coefficient (Wildman–Crippen LogP) is 4.03. The van der Waals surface area contributed by atoms with Crippen LogP contribution in [0, 0.1) is 13.8 Å². The maximum atomic E-state index is 12.3. The Hall–Kier alpha value is -1.81. The fourth-order valence-electron chi connectivity index (χ4n) is 2.58. The van der Waals surface area contributed by atoms with Gasteiger partial charge in [-0.25, -0.2) is 4.68 Å². The highest BCUT2D eigenvalue weighted by Crippen LogP contribution is 2.23. The Bertz CT molecular complexity index is 662. The third-order valence-electron chi connectivity index (χ3n) is 3.46. The molecule has 0 saturated heterocycles. The largest absolute Gasteiger partial charge is 0.375 e. The average Bonchev–Trinajstić information content (AvgIpc) is 2.73. The Morgan fingerprint density at radius 3 is 2.57 bits per heavy atom. The molecule has 0 atom stereocenters. The van der Waals surface area contributed by atoms with Crippen molar-refractivity contribution in [3.63, 3.8) is 0 Å². The molecule has 2 rings (SSSR count). The van der Waals surface area contributed by atoms with Crippen LogP contribution in [0.25, 0.3) is 0 Å². The number of aryl methyl sites for hydroxylation is 1. The van der Waals surface area contributed by atoms with Crippen molar-refractivity contribution in [2.75, 3.05) is 11.9 Å². The van der Waals surface area contributed by atoms with Crippen LogP contribution < -0.4 is 5.32 Å². The number of nitrogens with one attached hydrogen (secondary N) is 1. The highest BCUT2D eigenvalue weighted by Gasteiger charge is 2.18. The molecule has 4 nitrogen and oxygen atoms in total. The molecule has 0 spiro atoms. The summed E-state index contributed by atoms with van der Waals surface area (Å²) in [6.45, 7) is 8.24. The molecule has 2 aromatic rings. The molecule has 112 valence electrons. The lowest BCUT2D eigenvalue weighted by molar-refractivity contribution is 0.0910. The van der Waals surface area contributed by atoms with E-state index in [1.165, 1.54) is 4.68 Å². The van der Waals surface area contributed by atoms with Crippen molar-refractivity contribution in [1.29, 1.82) is 0 Å². The third kappa shape index (κ3) is 3.27. The van der Waals surface area contributed by atoms with E-state index in [2.05, 4.69) is 24.3 Å². The van der Waals surface area contributed by atoms with Crippen LogP contribution in [0.5, 0.6) is 0 Å². The van der Waals surface area contributed by atoms with Gasteiger partial charge in [-0.2, -0.15) is 5.10 Å². The first kappa shape index (κ1) is 15.6. The van der Waals surface area contributed by atoms with Crippen LogP contribution in [0.3, 0.4) is 0 Å². The van der Waals surface area contributed by atoms with E-state index in [-0.39, 0.29) is 12.5 Å². The third-order valence-corrected chi connectivity index (χ3v) is 3.79. The Morgan fingerprint density at radius 1 is 1.33 bits per heavy atom. The van der Waals surface area contributed by atoms with Crippen LogP contribution in [-0.4, -0.2) is 22.2 Å². The van der Waals surface area contributed by atoms with E-state index < -0.39 is 0 Å². The number of para-hydroxylation sites is 1. The van der Waals surface area contributed by atoms with E-state index in [1.807, 2.05) is 32.0 Å². The normalized spacial score (nSPS) is 11.0. The summed E-state index contributed by atoms with van der Waals surface area (Å²) < 4.78 is 1.48. The number of rotatable bonds is 4. The molecule has 0 aliphatic heterocycles. The number of halogens is 1. The van der Waals surface area contributed by atoms with Crippen molar-refractivity contribution in [3.05, 3.63) is 46.2 Å². The highest BCUT2D eigenvalue weighted by molar-refractivity contribution is 6.33. The number of hydrogen-bond acceptors (Lipinski definition) is 3. The summed E-state index contributed by atoms with van der Waals surface area (Å²) in [6, 6.07) is 7.36. The maximum absolute atomic E-state index is 12.3. The minimum absolute atomic E-state index is 0.0950. The van der Waals surface area contributed by atoms with Crippen molar-refractivity contribution >= 4 is 23.2 Å². The summed E-state index contributed by atoms with van der Waals surface area (Å²) in [5, 5.41) is 8.01. The van der Waals surface area contributed by atoms with Crippen molar-refractivity contribution < 1.29 is 4.79 Å². The van der Waals surface area contributed by atoms with E-state index in [1.54, 1.807) is 6.07 Å². The first-order valence-corrected chi connectivity index (χ1v) is 7.37. The molecule has 0 unspecified atom stereocenters. The zero-order valence-electron chi connectivity index (χ0n) is 12.8. The SMILES string of the molecule is Cc1nn(C(=O)CNc2ccccc2Cl)c(C)c1C(C)C. The van der Waals surface area contributed by atoms with Gasteiger partial charge in [0.1, 0.15) is 0 Å². The molecular formula is C16H20ClN3O. The van der Waals surface area contributed by atoms with Crippen LogP contribution in [0.15, 0.2) is 24.3 Å². The Kier molecular flexibility index (Phi) is 4.68. The van der Waals surface area contributed by atoms with Gasteiger partial charge in [0, 0.05) is 5.69 Å². The zero-order chi connectivity index (χ0) is 15.6. The number of carbonyl (C=O) groups excluding carboxylic acids is 1. The summed E-state index contributed by atoms with van der Waals surface area (Å²) in [5.74, 6) is 0.255. The first-order valence-electron chi connectivity index (χ1n) is 6.99. The Balaban J connectivity index is 2.15. The molecule has 1 aromatic carbocycles. The van der Waals surface area contributed by atoms with Crippen LogP contribution in [0.4, 0.5) is 5.69 Å². The summed E-state index contributed by atoms with van der Waals surface area (Å²) in [6.07, 6.45) is 0. The molecule has 0 radical (unpaired) electrons. The lowest BCUT2D eigenvalue weighted by atomic mass is 10.0. The summed E-state index contributed by atoms with van der Waals surface area (Å²) >= 11 is 6.06. The Morgan fingerprint density at radius 2 is 2.00 bits per heavy atom. The minimum Gasteiger partial charge on any atom is -0.375 e. The quantitative estimate of drug-likeness (QED) is 0.927. The number of anilines is 1. The second-order valence-corrected chi connectivity index (χ2v) is 5.79. The predicted molar refractivity (Wildman–Crippen MR) is 86.4 cm³/mol. The number of nitrogens with zero attached hydrogens (tertiary/aromatic N) is 2. The van der Waals surface area contributed by atoms with Crippen molar-refractivity contribution in [3.8, 4) is 0 Å². The van der Waals surface area contributed by atoms with Gasteiger partial charge in [0.15, 0.2) is 0 Å². The topological polar surface area (TPSA) is 46.9 Å². The molecule has 1 heterocycles. The van der Waals surface area contributed by atoms with Gasteiger partial charge >= 0.3 is 0 Å². The van der Waals surface area contributed by atoms with Crippen LogP contribution >= 0.6 is 11.6 Å². The van der Waals surface area contributed by atoms with E-state index in [9.17, 15) is 4.79 Å². The minimum atomic E-state index is -0.0950. The van der Waals surface area contributed by atoms with Gasteiger partial charge in [0.2, 0.25) is 0 Å². The van der Waals surface area contributed by atoms with Gasteiger partial charge in [-0.05, 0) is 37.5 Å². The zero-order valence-corrected chi connectivity index (χ0v) is 13.5. The second kappa shape index (κ2) is 6.31. The second-order valence-electron chi connectivity index (χ2n) is 5.38. The lowest BCUT2D eigenvalue weighted by Gasteiger charge is -2.09. The molecule has 0 amide bonds. The van der Waals surface area contributed by atoms with Crippen molar-refractivity contribution in [2.45, 2.75) is 33.6 Å². The molecule has 0 fully saturated rings. The van der Waals surface area contributed by atoms with E-state index in [0.717, 1.165) is 22.6 Å². The van der Waals surface area contributed by atoms with Gasteiger partial charge in [0.05, 0.1) is 22.9 Å². The molecule has 5 heteroatoms. The van der Waals surface area contributed by atoms with Crippen LogP contribution in [0.1, 0.15) is 41.5 Å².